The molecule has 9 heteroatoms. The van der Waals surface area contributed by atoms with Crippen molar-refractivity contribution in [2.45, 2.75) is 51.2 Å². The normalized spacial score (nSPS) is 18.6. The third kappa shape index (κ3) is 8.96. The van der Waals surface area contributed by atoms with E-state index in [0.29, 0.717) is 37.4 Å². The molecule has 0 aliphatic carbocycles. The van der Waals surface area contributed by atoms with Gasteiger partial charge in [-0.25, -0.2) is 8.42 Å². The summed E-state index contributed by atoms with van der Waals surface area (Å²) in [6.45, 7) is 5.02. The van der Waals surface area contributed by atoms with Crippen LogP contribution in [0, 0.1) is 0 Å². The molecule has 1 unspecified atom stereocenters. The van der Waals surface area contributed by atoms with E-state index in [-0.39, 0.29) is 11.1 Å². The summed E-state index contributed by atoms with van der Waals surface area (Å²) >= 11 is 0.975. The van der Waals surface area contributed by atoms with Crippen molar-refractivity contribution in [3.63, 3.8) is 0 Å². The maximum absolute atomic E-state index is 12.3. The van der Waals surface area contributed by atoms with Gasteiger partial charge >= 0.3 is 0 Å². The van der Waals surface area contributed by atoms with Gasteiger partial charge in [0.25, 0.3) is 5.24 Å². The Hall–Kier alpha value is -3.56. The van der Waals surface area contributed by atoms with Crippen molar-refractivity contribution >= 4 is 32.7 Å². The summed E-state index contributed by atoms with van der Waals surface area (Å²) in [6.07, 6.45) is 7.60. The lowest BCUT2D eigenvalue weighted by Gasteiger charge is -2.13. The monoisotopic (exact) mass is 593 g/mol. The van der Waals surface area contributed by atoms with Gasteiger partial charge in [0, 0.05) is 17.2 Å². The van der Waals surface area contributed by atoms with Crippen LogP contribution in [0.5, 0.6) is 5.75 Å². The SMILES string of the molecule is CCC/C(C)=C(/C=C\C1=CS(=O)(=O)C=C1CCc1ccccc1)OCCCOc1ccc(C2SC(=O)NC2=O)cc1. The van der Waals surface area contributed by atoms with Gasteiger partial charge in [0.05, 0.1) is 13.2 Å². The van der Waals surface area contributed by atoms with Crippen molar-refractivity contribution < 1.29 is 27.5 Å². The number of amides is 2. The summed E-state index contributed by atoms with van der Waals surface area (Å²) < 4.78 is 36.6. The fraction of sp³-hybridized carbons (Fsp3) is 0.312. The first-order valence-electron chi connectivity index (χ1n) is 13.7. The predicted molar refractivity (Wildman–Crippen MR) is 163 cm³/mol. The van der Waals surface area contributed by atoms with Crippen LogP contribution in [0.1, 0.15) is 55.9 Å². The highest BCUT2D eigenvalue weighted by Gasteiger charge is 2.32. The van der Waals surface area contributed by atoms with Crippen LogP contribution in [0.2, 0.25) is 0 Å². The summed E-state index contributed by atoms with van der Waals surface area (Å²) in [4.78, 5) is 23.3. The van der Waals surface area contributed by atoms with Crippen molar-refractivity contribution in [2.75, 3.05) is 13.2 Å². The van der Waals surface area contributed by atoms with Gasteiger partial charge < -0.3 is 9.47 Å². The highest BCUT2D eigenvalue weighted by molar-refractivity contribution is 8.15. The summed E-state index contributed by atoms with van der Waals surface area (Å²) in [7, 11) is -3.38. The molecule has 4 rings (SSSR count). The Bertz CT molecular complexity index is 1470. The lowest BCUT2D eigenvalue weighted by Crippen LogP contribution is -2.20. The number of benzene rings is 2. The van der Waals surface area contributed by atoms with Gasteiger partial charge in [-0.05, 0) is 84.0 Å². The lowest BCUT2D eigenvalue weighted by molar-refractivity contribution is -0.119. The van der Waals surface area contributed by atoms with Crippen molar-refractivity contribution in [2.24, 2.45) is 0 Å². The van der Waals surface area contributed by atoms with E-state index in [4.69, 9.17) is 9.47 Å². The van der Waals surface area contributed by atoms with Crippen LogP contribution in [-0.2, 0) is 25.8 Å². The molecule has 1 N–H and O–H groups in total. The molecule has 0 spiro atoms. The van der Waals surface area contributed by atoms with Crippen molar-refractivity contribution in [3.8, 4) is 5.75 Å². The molecule has 2 aromatic carbocycles. The van der Waals surface area contributed by atoms with Crippen molar-refractivity contribution in [1.29, 1.82) is 0 Å². The number of sulfone groups is 1. The van der Waals surface area contributed by atoms with Crippen LogP contribution in [0.15, 0.2) is 100 Å². The summed E-state index contributed by atoms with van der Waals surface area (Å²) in [5.41, 5.74) is 4.51. The number of allylic oxidation sites excluding steroid dienone is 5. The molecule has 0 bridgehead atoms. The molecule has 0 saturated carbocycles. The molecule has 1 atom stereocenters. The summed E-state index contributed by atoms with van der Waals surface area (Å²) in [6, 6.07) is 17.2. The molecule has 2 aliphatic heterocycles. The van der Waals surface area contributed by atoms with E-state index < -0.39 is 15.1 Å². The summed E-state index contributed by atoms with van der Waals surface area (Å²) in [5, 5.41) is 4.13. The smallest absolute Gasteiger partial charge is 0.286 e. The van der Waals surface area contributed by atoms with E-state index >= 15 is 0 Å². The van der Waals surface area contributed by atoms with Crippen LogP contribution in [0.4, 0.5) is 4.79 Å². The largest absolute Gasteiger partial charge is 0.494 e. The van der Waals surface area contributed by atoms with Gasteiger partial charge in [0.2, 0.25) is 5.91 Å². The highest BCUT2D eigenvalue weighted by atomic mass is 32.2. The average molecular weight is 594 g/mol. The van der Waals surface area contributed by atoms with Crippen molar-refractivity contribution in [3.05, 3.63) is 111 Å². The Morgan fingerprint density at radius 1 is 1.00 bits per heavy atom. The van der Waals surface area contributed by atoms with E-state index in [1.807, 2.05) is 49.4 Å². The van der Waals surface area contributed by atoms with Crippen LogP contribution in [0.25, 0.3) is 0 Å². The molecule has 0 radical (unpaired) electrons. The molecule has 2 heterocycles. The Labute approximate surface area is 246 Å². The number of rotatable bonds is 14. The second kappa shape index (κ2) is 14.4. The van der Waals surface area contributed by atoms with Gasteiger partial charge in [-0.15, -0.1) is 0 Å². The number of ether oxygens (including phenoxy) is 2. The van der Waals surface area contributed by atoms with Crippen LogP contribution in [0.3, 0.4) is 0 Å². The lowest BCUT2D eigenvalue weighted by atomic mass is 10.00. The van der Waals surface area contributed by atoms with E-state index in [1.165, 1.54) is 16.4 Å². The summed E-state index contributed by atoms with van der Waals surface area (Å²) in [5.74, 6) is 1.11. The van der Waals surface area contributed by atoms with Crippen LogP contribution >= 0.6 is 11.8 Å². The van der Waals surface area contributed by atoms with Crippen LogP contribution < -0.4 is 10.1 Å². The molecule has 2 amide bonds. The number of hydrogen-bond acceptors (Lipinski definition) is 7. The van der Waals surface area contributed by atoms with Gasteiger partial charge in [0.1, 0.15) is 16.8 Å². The molecular formula is C32H35NO6S2. The zero-order chi connectivity index (χ0) is 29.2. The van der Waals surface area contributed by atoms with Gasteiger partial charge in [-0.3, -0.25) is 14.9 Å². The maximum Gasteiger partial charge on any atom is 0.286 e. The number of carbonyl (C=O) groups excluding carboxylic acids is 2. The average Bonchev–Trinajstić information content (AvgIpc) is 3.45. The maximum atomic E-state index is 12.3. The molecule has 2 aromatic rings. The number of thioether (sulfide) groups is 1. The number of hydrogen-bond donors (Lipinski definition) is 1. The van der Waals surface area contributed by atoms with Gasteiger partial charge in [-0.1, -0.05) is 61.9 Å². The molecular weight excluding hydrogens is 558 g/mol. The Kier molecular flexibility index (Phi) is 10.7. The Morgan fingerprint density at radius 3 is 2.44 bits per heavy atom. The second-order valence-corrected chi connectivity index (χ2v) is 12.6. The zero-order valence-electron chi connectivity index (χ0n) is 23.3. The van der Waals surface area contributed by atoms with E-state index in [1.54, 1.807) is 24.3 Å². The third-order valence-corrected chi connectivity index (χ3v) is 8.87. The topological polar surface area (TPSA) is 98.8 Å². The fourth-order valence-corrected chi connectivity index (χ4v) is 6.68. The first-order valence-corrected chi connectivity index (χ1v) is 16.2. The number of nitrogens with one attached hydrogen (secondary N) is 1. The van der Waals surface area contributed by atoms with E-state index in [2.05, 4.69) is 12.2 Å². The molecule has 216 valence electrons. The Balaban J connectivity index is 1.30. The molecule has 41 heavy (non-hydrogen) atoms. The number of carbonyl (C=O) groups is 2. The minimum atomic E-state index is -3.38. The predicted octanol–water partition coefficient (Wildman–Crippen LogP) is 6.96. The standard InChI is InChI=1S/C32H35NO6S2/c1-3-8-23(2)29(18-15-27-22-41(36,37)21-26(27)12-11-24-9-5-4-6-10-24)39-20-7-19-38-28-16-13-25(14-17-28)30-31(34)33-32(35)40-30/h4-6,9-10,13-18,21-22,30H,3,7-8,11-12,19-20H2,1-2H3,(H,33,34,35)/b18-15-,29-23-. The number of imide groups is 1. The van der Waals surface area contributed by atoms with Gasteiger partial charge in [-0.2, -0.15) is 0 Å². The van der Waals surface area contributed by atoms with Crippen molar-refractivity contribution in [1.82, 2.24) is 5.32 Å². The molecule has 0 aromatic heterocycles. The van der Waals surface area contributed by atoms with Gasteiger partial charge in [0.15, 0.2) is 9.84 Å². The van der Waals surface area contributed by atoms with Crippen LogP contribution in [-0.4, -0.2) is 32.8 Å². The Morgan fingerprint density at radius 2 is 1.76 bits per heavy atom. The fourth-order valence-electron chi connectivity index (χ4n) is 4.55. The minimum absolute atomic E-state index is 0.299. The second-order valence-electron chi connectivity index (χ2n) is 9.91. The first kappa shape index (κ1) is 30.4. The number of aryl methyl sites for hydroxylation is 1. The molecule has 1 fully saturated rings. The highest BCUT2D eigenvalue weighted by Crippen LogP contribution is 2.34. The molecule has 7 nitrogen and oxygen atoms in total. The van der Waals surface area contributed by atoms with E-state index in [0.717, 1.165) is 53.5 Å². The quantitative estimate of drug-likeness (QED) is 0.144. The van der Waals surface area contributed by atoms with E-state index in [9.17, 15) is 18.0 Å². The molecule has 2 aliphatic rings. The zero-order valence-corrected chi connectivity index (χ0v) is 24.9. The first-order chi connectivity index (χ1) is 19.7. The molecule has 1 saturated heterocycles. The minimum Gasteiger partial charge on any atom is -0.494 e. The third-order valence-electron chi connectivity index (χ3n) is 6.64.